The van der Waals surface area contributed by atoms with E-state index in [1.165, 1.54) is 55.5 Å². The number of benzene rings is 6. The number of nitrogens with zero attached hydrogens (tertiary/aromatic N) is 1. The molecule has 6 aromatic carbocycles. The van der Waals surface area contributed by atoms with Gasteiger partial charge in [-0.25, -0.2) is 0 Å². The van der Waals surface area contributed by atoms with E-state index in [1.54, 1.807) is 0 Å². The van der Waals surface area contributed by atoms with Crippen molar-refractivity contribution in [2.75, 3.05) is 0 Å². The summed E-state index contributed by atoms with van der Waals surface area (Å²) in [6.07, 6.45) is 0. The Balaban J connectivity index is 0.00000276. The Labute approximate surface area is 253 Å². The maximum absolute atomic E-state index is 5.12. The van der Waals surface area contributed by atoms with Gasteiger partial charge >= 0.3 is 0 Å². The quantitative estimate of drug-likeness (QED) is 0.167. The summed E-state index contributed by atoms with van der Waals surface area (Å²) >= 11 is 0. The largest absolute Gasteiger partial charge is 0.296 e. The molecule has 1 aliphatic carbocycles. The molecule has 0 N–H and O–H groups in total. The summed E-state index contributed by atoms with van der Waals surface area (Å²) in [5.74, 6) is 0. The first-order valence-corrected chi connectivity index (χ1v) is 13.6. The molecule has 1 aromatic heterocycles. The molecule has 0 saturated heterocycles. The van der Waals surface area contributed by atoms with Crippen molar-refractivity contribution in [1.82, 2.24) is 4.98 Å². The van der Waals surface area contributed by atoms with Crippen molar-refractivity contribution in [3.63, 3.8) is 0 Å². The molecule has 1 aliphatic rings. The van der Waals surface area contributed by atoms with Crippen molar-refractivity contribution in [2.45, 2.75) is 0 Å². The monoisotopic (exact) mass is 699 g/mol. The first-order chi connectivity index (χ1) is 19.8. The van der Waals surface area contributed by atoms with E-state index in [2.05, 4.69) is 146 Å². The van der Waals surface area contributed by atoms with Crippen LogP contribution in [-0.4, -0.2) is 4.98 Å². The van der Waals surface area contributed by atoms with Crippen LogP contribution in [0, 0.1) is 6.07 Å². The number of fused-ring (bicyclic) bond motifs is 3. The zero-order valence-corrected chi connectivity index (χ0v) is 24.5. The van der Waals surface area contributed by atoms with Gasteiger partial charge in [0.05, 0.1) is 5.52 Å². The van der Waals surface area contributed by atoms with Crippen LogP contribution >= 0.6 is 0 Å². The van der Waals surface area contributed by atoms with Crippen LogP contribution < -0.4 is 0 Å². The van der Waals surface area contributed by atoms with Gasteiger partial charge in [0.1, 0.15) is 0 Å². The molecular formula is C39H24IrN-. The third-order valence-corrected chi connectivity index (χ3v) is 7.90. The molecule has 0 atom stereocenters. The van der Waals surface area contributed by atoms with Crippen molar-refractivity contribution in [3.8, 4) is 66.9 Å². The standard InChI is InChI=1S/C39H24N.Ir/c1-3-11-26(12-4-1)30-22-31(27-13-5-2-6-14-27)24-32(23-30)28-15-9-16-29(21-28)38-25-36-34-18-8-7-17-33(34)35-19-10-20-37(40-38)39(35)36;/h1-15,17-25H;/q-1;. The first-order valence-electron chi connectivity index (χ1n) is 13.6. The van der Waals surface area contributed by atoms with Gasteiger partial charge < -0.3 is 0 Å². The Hall–Kier alpha value is -4.62. The van der Waals surface area contributed by atoms with Crippen LogP contribution in [0.1, 0.15) is 0 Å². The topological polar surface area (TPSA) is 12.9 Å². The predicted octanol–water partition coefficient (Wildman–Crippen LogP) is 10.3. The van der Waals surface area contributed by atoms with Gasteiger partial charge in [-0.2, -0.15) is 0 Å². The molecule has 0 saturated carbocycles. The fourth-order valence-electron chi connectivity index (χ4n) is 6.00. The maximum Gasteiger partial charge on any atom is 0.0607 e. The maximum atomic E-state index is 5.12. The van der Waals surface area contributed by atoms with E-state index in [9.17, 15) is 0 Å². The molecule has 0 aliphatic heterocycles. The summed E-state index contributed by atoms with van der Waals surface area (Å²) in [4.78, 5) is 5.12. The average Bonchev–Trinajstić information content (AvgIpc) is 3.36. The molecule has 0 amide bonds. The van der Waals surface area contributed by atoms with Gasteiger partial charge in [0.2, 0.25) is 0 Å². The molecule has 8 rings (SSSR count). The summed E-state index contributed by atoms with van der Waals surface area (Å²) < 4.78 is 0. The number of hydrogen-bond acceptors (Lipinski definition) is 1. The molecule has 41 heavy (non-hydrogen) atoms. The van der Waals surface area contributed by atoms with Crippen molar-refractivity contribution < 1.29 is 20.1 Å². The van der Waals surface area contributed by atoms with E-state index in [1.807, 2.05) is 6.07 Å². The van der Waals surface area contributed by atoms with Crippen molar-refractivity contribution in [1.29, 1.82) is 0 Å². The number of aromatic nitrogens is 1. The van der Waals surface area contributed by atoms with Gasteiger partial charge in [0.25, 0.3) is 0 Å². The van der Waals surface area contributed by atoms with E-state index in [-0.39, 0.29) is 20.1 Å². The van der Waals surface area contributed by atoms with Gasteiger partial charge in [-0.3, -0.25) is 4.98 Å². The summed E-state index contributed by atoms with van der Waals surface area (Å²) in [6, 6.07) is 55.3. The Kier molecular flexibility index (Phi) is 6.44. The molecule has 2 heteroatoms. The Morgan fingerprint density at radius 2 is 0.976 bits per heavy atom. The van der Waals surface area contributed by atoms with Crippen LogP contribution in [-0.2, 0) is 20.1 Å². The summed E-state index contributed by atoms with van der Waals surface area (Å²) in [6.45, 7) is 0. The normalized spacial score (nSPS) is 11.2. The Bertz CT molecular complexity index is 1990. The van der Waals surface area contributed by atoms with Crippen molar-refractivity contribution >= 4 is 10.9 Å². The van der Waals surface area contributed by atoms with Gasteiger partial charge in [0.15, 0.2) is 0 Å². The van der Waals surface area contributed by atoms with E-state index < -0.39 is 0 Å². The van der Waals surface area contributed by atoms with Crippen molar-refractivity contribution in [3.05, 3.63) is 152 Å². The molecule has 1 nitrogen and oxygen atoms in total. The second kappa shape index (κ2) is 10.4. The molecule has 0 bridgehead atoms. The fraction of sp³-hybridized carbons (Fsp3) is 0. The molecule has 0 spiro atoms. The molecular weight excluding hydrogens is 675 g/mol. The van der Waals surface area contributed by atoms with Crippen LogP contribution in [0.5, 0.6) is 0 Å². The van der Waals surface area contributed by atoms with E-state index in [0.29, 0.717) is 0 Å². The first kappa shape index (κ1) is 25.4. The molecule has 1 heterocycles. The van der Waals surface area contributed by atoms with E-state index in [4.69, 9.17) is 4.98 Å². The SMILES string of the molecule is [Ir].[c-]1ccc(-c2cc(-c3ccccc3)cc(-c3ccccc3)c2)cc1-c1cc2c3c(cccc3n1)-c1ccccc1-2. The molecule has 0 fully saturated rings. The van der Waals surface area contributed by atoms with E-state index in [0.717, 1.165) is 22.3 Å². The van der Waals surface area contributed by atoms with Crippen LogP contribution in [0.15, 0.2) is 146 Å². The van der Waals surface area contributed by atoms with Gasteiger partial charge in [0, 0.05) is 25.5 Å². The minimum Gasteiger partial charge on any atom is -0.296 e. The molecule has 1 radical (unpaired) electrons. The average molecular weight is 699 g/mol. The Morgan fingerprint density at radius 1 is 0.415 bits per heavy atom. The summed E-state index contributed by atoms with van der Waals surface area (Å²) in [5.41, 5.74) is 15.2. The minimum absolute atomic E-state index is 0. The summed E-state index contributed by atoms with van der Waals surface area (Å²) in [5, 5.41) is 1.24. The fourth-order valence-corrected chi connectivity index (χ4v) is 6.00. The van der Waals surface area contributed by atoms with Gasteiger partial charge in [-0.1, -0.05) is 103 Å². The third-order valence-electron chi connectivity index (χ3n) is 7.90. The van der Waals surface area contributed by atoms with Crippen LogP contribution in [0.25, 0.3) is 77.8 Å². The van der Waals surface area contributed by atoms with Crippen LogP contribution in [0.3, 0.4) is 0 Å². The van der Waals surface area contributed by atoms with Crippen LogP contribution in [0.2, 0.25) is 0 Å². The minimum atomic E-state index is 0. The van der Waals surface area contributed by atoms with Crippen molar-refractivity contribution in [2.24, 2.45) is 0 Å². The smallest absolute Gasteiger partial charge is 0.0607 e. The molecule has 0 unspecified atom stereocenters. The second-order valence-electron chi connectivity index (χ2n) is 10.3. The Morgan fingerprint density at radius 3 is 1.63 bits per heavy atom. The second-order valence-corrected chi connectivity index (χ2v) is 10.3. The zero-order valence-electron chi connectivity index (χ0n) is 22.1. The van der Waals surface area contributed by atoms with Gasteiger partial charge in [-0.05, 0) is 80.0 Å². The van der Waals surface area contributed by atoms with Crippen LogP contribution in [0.4, 0.5) is 0 Å². The molecule has 7 aromatic rings. The predicted molar refractivity (Wildman–Crippen MR) is 167 cm³/mol. The van der Waals surface area contributed by atoms with E-state index >= 15 is 0 Å². The third kappa shape index (κ3) is 4.43. The number of pyridine rings is 1. The zero-order chi connectivity index (χ0) is 26.5. The number of hydrogen-bond donors (Lipinski definition) is 0. The molecule has 195 valence electrons. The number of rotatable bonds is 4. The van der Waals surface area contributed by atoms with Gasteiger partial charge in [-0.15, -0.1) is 35.4 Å². The summed E-state index contributed by atoms with van der Waals surface area (Å²) in [7, 11) is 0.